The predicted molar refractivity (Wildman–Crippen MR) is 44.1 cm³/mol. The van der Waals surface area contributed by atoms with E-state index in [1.165, 1.54) is 13.8 Å². The number of carbonyl (C=O) groups is 2. The minimum Gasteiger partial charge on any atom is -0.549 e. The number of hydrogen-bond donors (Lipinski definition) is 0. The van der Waals surface area contributed by atoms with Crippen LogP contribution in [0, 0.1) is 10.8 Å². The molecular weight excluding hydrogens is 246 g/mol. The summed E-state index contributed by atoms with van der Waals surface area (Å²) in [4.78, 5) is 22.3. The Labute approximate surface area is 144 Å². The van der Waals surface area contributed by atoms with Crippen LogP contribution in [0.2, 0.25) is 0 Å². The van der Waals surface area contributed by atoms with E-state index in [0.717, 1.165) is 0 Å². The first kappa shape index (κ1) is 17.9. The molecule has 0 saturated carbocycles. The molecule has 0 aromatic carbocycles. The molecule has 2 rings (SSSR count). The van der Waals surface area contributed by atoms with E-state index in [0.29, 0.717) is 12.8 Å². The van der Waals surface area contributed by atoms with Crippen molar-refractivity contribution in [3.05, 3.63) is 0 Å². The maximum Gasteiger partial charge on any atom is 1.00 e. The van der Waals surface area contributed by atoms with Gasteiger partial charge in [-0.15, -0.1) is 0 Å². The molecule has 7 heteroatoms. The van der Waals surface area contributed by atoms with Crippen molar-refractivity contribution >= 4 is 11.9 Å². The van der Waals surface area contributed by atoms with Crippen LogP contribution in [-0.4, -0.2) is 24.1 Å². The Morgan fingerprint density at radius 1 is 1.00 bits per heavy atom. The molecule has 2 fully saturated rings. The van der Waals surface area contributed by atoms with Crippen molar-refractivity contribution in [2.75, 3.05) is 0 Å². The molecule has 2 aliphatic heterocycles. The van der Waals surface area contributed by atoms with Crippen LogP contribution in [0.5, 0.6) is 0 Å². The Morgan fingerprint density at radius 3 is 1.53 bits per heavy atom. The van der Waals surface area contributed by atoms with E-state index in [-0.39, 0.29) is 59.1 Å². The molecule has 2 bridgehead atoms. The largest absolute Gasteiger partial charge is 1.00 e. The Morgan fingerprint density at radius 2 is 1.29 bits per heavy atom. The number of carbonyl (C=O) groups excluding carboxylic acids is 2. The number of fused-ring (bicyclic) bond motifs is 2. The van der Waals surface area contributed by atoms with Crippen molar-refractivity contribution in [2.45, 2.75) is 38.9 Å². The number of carboxylic acid groups (broad SMARTS) is 2. The molecule has 0 N–H and O–H groups in total. The molecule has 84 valence electrons. The fraction of sp³-hybridized carbons (Fsp3) is 0.800. The van der Waals surface area contributed by atoms with Crippen molar-refractivity contribution in [1.29, 1.82) is 0 Å². The summed E-state index contributed by atoms with van der Waals surface area (Å²) in [6.45, 7) is 2.75. The van der Waals surface area contributed by atoms with Gasteiger partial charge in [-0.1, -0.05) is 13.8 Å². The van der Waals surface area contributed by atoms with E-state index >= 15 is 0 Å². The van der Waals surface area contributed by atoms with Gasteiger partial charge < -0.3 is 24.5 Å². The minimum absolute atomic E-state index is 0. The zero-order valence-corrected chi connectivity index (χ0v) is 14.6. The van der Waals surface area contributed by atoms with Gasteiger partial charge in [0.05, 0.1) is 24.1 Å². The third-order valence-corrected chi connectivity index (χ3v) is 4.23. The molecule has 17 heavy (non-hydrogen) atoms. The van der Waals surface area contributed by atoms with E-state index in [9.17, 15) is 19.8 Å². The Hall–Kier alpha value is 0.900. The first-order chi connectivity index (χ1) is 6.85. The summed E-state index contributed by atoms with van der Waals surface area (Å²) in [5.41, 5.74) is -2.98. The predicted octanol–water partition coefficient (Wildman–Crippen LogP) is -7.93. The third kappa shape index (κ3) is 2.04. The second kappa shape index (κ2) is 5.49. The second-order valence-electron chi connectivity index (χ2n) is 4.67. The molecule has 0 radical (unpaired) electrons. The maximum atomic E-state index is 11.2. The van der Waals surface area contributed by atoms with Gasteiger partial charge in [-0.05, 0) is 12.8 Å². The fourth-order valence-corrected chi connectivity index (χ4v) is 2.84. The number of rotatable bonds is 2. The summed E-state index contributed by atoms with van der Waals surface area (Å²) in [6.07, 6.45) is -0.0125. The van der Waals surface area contributed by atoms with E-state index in [2.05, 4.69) is 0 Å². The topological polar surface area (TPSA) is 89.5 Å². The number of aliphatic carboxylic acids is 2. The van der Waals surface area contributed by atoms with Crippen LogP contribution in [0.25, 0.3) is 0 Å². The van der Waals surface area contributed by atoms with Crippen molar-refractivity contribution < 1.29 is 83.7 Å². The summed E-state index contributed by atoms with van der Waals surface area (Å²) in [7, 11) is 0. The molecule has 0 unspecified atom stereocenters. The molecule has 4 atom stereocenters. The van der Waals surface area contributed by atoms with Crippen LogP contribution in [0.3, 0.4) is 0 Å². The SMILES string of the molecule is C[C@]1(C(=O)[O-])[C@H]2CC[C@H](O2)[C@@]1(C)C(=O)[O-].[Na+].[Na+]. The van der Waals surface area contributed by atoms with Gasteiger partial charge in [0.25, 0.3) is 0 Å². The fourth-order valence-electron chi connectivity index (χ4n) is 2.84. The van der Waals surface area contributed by atoms with Crippen LogP contribution in [-0.2, 0) is 14.3 Å². The Kier molecular flexibility index (Phi) is 5.78. The molecular formula is C10H12Na2O5. The molecule has 2 heterocycles. The zero-order chi connectivity index (χ0) is 11.4. The van der Waals surface area contributed by atoms with Crippen LogP contribution >= 0.6 is 0 Å². The van der Waals surface area contributed by atoms with Gasteiger partial charge in [-0.25, -0.2) is 0 Å². The third-order valence-electron chi connectivity index (χ3n) is 4.23. The van der Waals surface area contributed by atoms with Crippen LogP contribution in [0.1, 0.15) is 26.7 Å². The van der Waals surface area contributed by atoms with E-state index in [1.54, 1.807) is 0 Å². The van der Waals surface area contributed by atoms with E-state index in [1.807, 2.05) is 0 Å². The smallest absolute Gasteiger partial charge is 0.549 e. The van der Waals surface area contributed by atoms with Crippen molar-refractivity contribution in [3.63, 3.8) is 0 Å². The van der Waals surface area contributed by atoms with Gasteiger partial charge in [-0.3, -0.25) is 0 Å². The van der Waals surface area contributed by atoms with Gasteiger partial charge in [-0.2, -0.15) is 0 Å². The molecule has 0 amide bonds. The quantitative estimate of drug-likeness (QED) is 0.459. The van der Waals surface area contributed by atoms with Crippen molar-refractivity contribution in [1.82, 2.24) is 0 Å². The first-order valence-electron chi connectivity index (χ1n) is 4.93. The van der Waals surface area contributed by atoms with Gasteiger partial charge in [0.15, 0.2) is 0 Å². The van der Waals surface area contributed by atoms with Gasteiger partial charge in [0, 0.05) is 10.8 Å². The molecule has 2 aliphatic rings. The van der Waals surface area contributed by atoms with Crippen LogP contribution < -0.4 is 69.3 Å². The normalized spacial score (nSPS) is 42.5. The standard InChI is InChI=1S/C10H14O5.2Na/c1-9(7(11)12)5-3-4-6(15-5)10(9,2)8(13)14;;/h5-6H,3-4H2,1-2H3,(H,11,12)(H,13,14);;/q;2*+1/p-2/t5-,6+,9-,10+;;. The molecule has 0 aromatic rings. The first-order valence-corrected chi connectivity index (χ1v) is 4.93. The average molecular weight is 258 g/mol. The summed E-state index contributed by atoms with van der Waals surface area (Å²) < 4.78 is 5.38. The van der Waals surface area contributed by atoms with Crippen molar-refractivity contribution in [2.24, 2.45) is 10.8 Å². The van der Waals surface area contributed by atoms with E-state index in [4.69, 9.17) is 4.74 Å². The molecule has 5 nitrogen and oxygen atoms in total. The second-order valence-corrected chi connectivity index (χ2v) is 4.67. The van der Waals surface area contributed by atoms with Gasteiger partial charge in [0.1, 0.15) is 0 Å². The summed E-state index contributed by atoms with van der Waals surface area (Å²) in [6, 6.07) is 0. The Bertz CT molecular complexity index is 316. The molecule has 0 spiro atoms. The minimum atomic E-state index is -1.49. The zero-order valence-electron chi connectivity index (χ0n) is 10.6. The summed E-state index contributed by atoms with van der Waals surface area (Å²) in [5.74, 6) is -2.75. The summed E-state index contributed by atoms with van der Waals surface area (Å²) in [5, 5.41) is 22.3. The average Bonchev–Trinajstić information content (AvgIpc) is 2.69. The molecule has 0 aromatic heterocycles. The van der Waals surface area contributed by atoms with Gasteiger partial charge in [0.2, 0.25) is 0 Å². The van der Waals surface area contributed by atoms with Crippen molar-refractivity contribution in [3.8, 4) is 0 Å². The van der Waals surface area contributed by atoms with Crippen LogP contribution in [0.15, 0.2) is 0 Å². The maximum absolute atomic E-state index is 11.2. The number of ether oxygens (including phenoxy) is 1. The summed E-state index contributed by atoms with van der Waals surface area (Å²) >= 11 is 0. The van der Waals surface area contributed by atoms with Gasteiger partial charge >= 0.3 is 59.1 Å². The number of carboxylic acids is 2. The Balaban J connectivity index is 0.00000128. The van der Waals surface area contributed by atoms with E-state index < -0.39 is 35.0 Å². The van der Waals surface area contributed by atoms with Crippen LogP contribution in [0.4, 0.5) is 0 Å². The molecule has 2 saturated heterocycles. The molecule has 0 aliphatic carbocycles. The number of hydrogen-bond acceptors (Lipinski definition) is 5. The monoisotopic (exact) mass is 258 g/mol.